The highest BCUT2D eigenvalue weighted by molar-refractivity contribution is 5.95. The van der Waals surface area contributed by atoms with Gasteiger partial charge >= 0.3 is 0 Å². The van der Waals surface area contributed by atoms with Crippen LogP contribution in [0.2, 0.25) is 0 Å². The quantitative estimate of drug-likeness (QED) is 0.901. The second-order valence-corrected chi connectivity index (χ2v) is 5.08. The van der Waals surface area contributed by atoms with E-state index in [9.17, 15) is 4.79 Å². The van der Waals surface area contributed by atoms with Gasteiger partial charge in [0, 0.05) is 25.0 Å². The van der Waals surface area contributed by atoms with Gasteiger partial charge < -0.3 is 15.4 Å². The maximum Gasteiger partial charge on any atom is 0.262 e. The highest BCUT2D eigenvalue weighted by Crippen LogP contribution is 2.28. The van der Waals surface area contributed by atoms with Gasteiger partial charge in [-0.3, -0.25) is 9.78 Å². The molecule has 2 aromatic rings. The monoisotopic (exact) mass is 283 g/mol. The maximum atomic E-state index is 11.3. The van der Waals surface area contributed by atoms with Crippen molar-refractivity contribution in [1.29, 1.82) is 0 Å². The van der Waals surface area contributed by atoms with E-state index in [1.165, 1.54) is 0 Å². The number of anilines is 1. The number of aryl methyl sites for hydroxylation is 1. The van der Waals surface area contributed by atoms with Crippen LogP contribution in [0, 0.1) is 6.92 Å². The van der Waals surface area contributed by atoms with Gasteiger partial charge in [0.2, 0.25) is 0 Å². The lowest BCUT2D eigenvalue weighted by Crippen LogP contribution is -2.25. The number of rotatable bonds is 4. The first-order valence-corrected chi connectivity index (χ1v) is 6.88. The lowest BCUT2D eigenvalue weighted by atomic mass is 10.1. The number of carbonyl (C=O) groups is 1. The first-order chi connectivity index (χ1) is 10.2. The Morgan fingerprint density at radius 3 is 2.86 bits per heavy atom. The normalized spacial score (nSPS) is 13.3. The molecule has 2 heterocycles. The summed E-state index contributed by atoms with van der Waals surface area (Å²) in [4.78, 5) is 15.6. The van der Waals surface area contributed by atoms with Gasteiger partial charge in [-0.2, -0.15) is 0 Å². The summed E-state index contributed by atoms with van der Waals surface area (Å²) in [5.74, 6) is 0.611. The molecule has 0 fully saturated rings. The minimum absolute atomic E-state index is 0.0883. The molecule has 1 aliphatic rings. The van der Waals surface area contributed by atoms with Crippen LogP contribution >= 0.6 is 0 Å². The third-order valence-corrected chi connectivity index (χ3v) is 3.31. The van der Waals surface area contributed by atoms with Crippen LogP contribution in [0.15, 0.2) is 36.5 Å². The average Bonchev–Trinajstić information content (AvgIpc) is 2.49. The number of nitrogens with one attached hydrogen (secondary N) is 2. The fourth-order valence-corrected chi connectivity index (χ4v) is 2.19. The van der Waals surface area contributed by atoms with Crippen LogP contribution in [0.5, 0.6) is 5.75 Å². The SMILES string of the molecule is Cc1ccc(CNCc2ccc3c(c2)NC(=O)CO3)cn1. The molecule has 21 heavy (non-hydrogen) atoms. The number of amides is 1. The molecule has 1 aromatic heterocycles. The van der Waals surface area contributed by atoms with Gasteiger partial charge in [-0.25, -0.2) is 0 Å². The van der Waals surface area contributed by atoms with Crippen LogP contribution < -0.4 is 15.4 Å². The fourth-order valence-electron chi connectivity index (χ4n) is 2.19. The molecule has 0 bridgehead atoms. The van der Waals surface area contributed by atoms with E-state index >= 15 is 0 Å². The lowest BCUT2D eigenvalue weighted by Gasteiger charge is -2.18. The van der Waals surface area contributed by atoms with E-state index in [0.29, 0.717) is 0 Å². The Morgan fingerprint density at radius 2 is 2.05 bits per heavy atom. The Bertz CT molecular complexity index is 653. The van der Waals surface area contributed by atoms with Gasteiger partial charge in [-0.15, -0.1) is 0 Å². The van der Waals surface area contributed by atoms with E-state index in [-0.39, 0.29) is 12.5 Å². The predicted molar refractivity (Wildman–Crippen MR) is 80.1 cm³/mol. The summed E-state index contributed by atoms with van der Waals surface area (Å²) < 4.78 is 5.33. The lowest BCUT2D eigenvalue weighted by molar-refractivity contribution is -0.118. The number of hydrogen-bond donors (Lipinski definition) is 2. The molecule has 3 rings (SSSR count). The third kappa shape index (κ3) is 3.38. The molecule has 0 atom stereocenters. The maximum absolute atomic E-state index is 11.3. The number of pyridine rings is 1. The van der Waals surface area contributed by atoms with Crippen LogP contribution in [-0.4, -0.2) is 17.5 Å². The molecule has 0 saturated heterocycles. The minimum atomic E-state index is -0.113. The Balaban J connectivity index is 1.59. The predicted octanol–water partition coefficient (Wildman–Crippen LogP) is 2.01. The first-order valence-electron chi connectivity index (χ1n) is 6.88. The first kappa shape index (κ1) is 13.6. The average molecular weight is 283 g/mol. The Hall–Kier alpha value is -2.40. The summed E-state index contributed by atoms with van der Waals surface area (Å²) in [6.45, 7) is 3.54. The Labute approximate surface area is 123 Å². The number of carbonyl (C=O) groups excluding carboxylic acids is 1. The fraction of sp³-hybridized carbons (Fsp3) is 0.250. The molecule has 5 heteroatoms. The molecule has 0 unspecified atom stereocenters. The Kier molecular flexibility index (Phi) is 3.83. The number of nitrogens with zero attached hydrogens (tertiary/aromatic N) is 1. The molecular formula is C16H17N3O2. The summed E-state index contributed by atoms with van der Waals surface area (Å²) in [5, 5.41) is 6.17. The number of aromatic nitrogens is 1. The second-order valence-electron chi connectivity index (χ2n) is 5.08. The van der Waals surface area contributed by atoms with E-state index in [1.54, 1.807) is 0 Å². The zero-order valence-electron chi connectivity index (χ0n) is 11.8. The summed E-state index contributed by atoms with van der Waals surface area (Å²) in [5.41, 5.74) is 4.00. The van der Waals surface area contributed by atoms with Crippen molar-refractivity contribution in [2.75, 3.05) is 11.9 Å². The van der Waals surface area contributed by atoms with E-state index in [2.05, 4.69) is 21.7 Å². The zero-order valence-corrected chi connectivity index (χ0v) is 11.8. The Morgan fingerprint density at radius 1 is 1.24 bits per heavy atom. The van der Waals surface area contributed by atoms with Crippen molar-refractivity contribution < 1.29 is 9.53 Å². The topological polar surface area (TPSA) is 63.2 Å². The molecule has 1 amide bonds. The van der Waals surface area contributed by atoms with Crippen molar-refractivity contribution in [3.63, 3.8) is 0 Å². The highest BCUT2D eigenvalue weighted by Gasteiger charge is 2.15. The van der Waals surface area contributed by atoms with Crippen molar-refractivity contribution in [2.24, 2.45) is 0 Å². The van der Waals surface area contributed by atoms with Crippen molar-refractivity contribution in [3.05, 3.63) is 53.3 Å². The van der Waals surface area contributed by atoms with Crippen LogP contribution in [0.25, 0.3) is 0 Å². The largest absolute Gasteiger partial charge is 0.482 e. The minimum Gasteiger partial charge on any atom is -0.482 e. The van der Waals surface area contributed by atoms with Crippen LogP contribution in [0.3, 0.4) is 0 Å². The van der Waals surface area contributed by atoms with Gasteiger partial charge in [0.05, 0.1) is 5.69 Å². The molecule has 0 saturated carbocycles. The van der Waals surface area contributed by atoms with Gasteiger partial charge in [0.1, 0.15) is 5.75 Å². The van der Waals surface area contributed by atoms with Crippen LogP contribution in [0.4, 0.5) is 5.69 Å². The summed E-state index contributed by atoms with van der Waals surface area (Å²) in [6.07, 6.45) is 1.88. The number of benzene rings is 1. The smallest absolute Gasteiger partial charge is 0.262 e. The highest BCUT2D eigenvalue weighted by atomic mass is 16.5. The van der Waals surface area contributed by atoms with Gasteiger partial charge in [0.25, 0.3) is 5.91 Å². The molecule has 108 valence electrons. The number of hydrogen-bond acceptors (Lipinski definition) is 4. The van der Waals surface area contributed by atoms with Crippen LogP contribution in [0.1, 0.15) is 16.8 Å². The molecule has 1 aliphatic heterocycles. The molecule has 1 aromatic carbocycles. The van der Waals surface area contributed by atoms with Gasteiger partial charge in [0.15, 0.2) is 6.61 Å². The van der Waals surface area contributed by atoms with Crippen molar-refractivity contribution in [1.82, 2.24) is 10.3 Å². The van der Waals surface area contributed by atoms with Gasteiger partial charge in [-0.05, 0) is 36.2 Å². The molecular weight excluding hydrogens is 266 g/mol. The third-order valence-electron chi connectivity index (χ3n) is 3.31. The van der Waals surface area contributed by atoms with Crippen molar-refractivity contribution >= 4 is 11.6 Å². The number of fused-ring (bicyclic) bond motifs is 1. The summed E-state index contributed by atoms with van der Waals surface area (Å²) in [6, 6.07) is 9.89. The van der Waals surface area contributed by atoms with E-state index in [0.717, 1.165) is 41.3 Å². The van der Waals surface area contributed by atoms with E-state index < -0.39 is 0 Å². The standard InChI is InChI=1S/C16H17N3O2/c1-11-2-3-13(9-18-11)8-17-7-12-4-5-15-14(6-12)19-16(20)10-21-15/h2-6,9,17H,7-8,10H2,1H3,(H,19,20). The number of ether oxygens (including phenoxy) is 1. The zero-order chi connectivity index (χ0) is 14.7. The van der Waals surface area contributed by atoms with Gasteiger partial charge in [-0.1, -0.05) is 12.1 Å². The van der Waals surface area contributed by atoms with Crippen molar-refractivity contribution in [3.8, 4) is 5.75 Å². The molecule has 0 radical (unpaired) electrons. The second kappa shape index (κ2) is 5.93. The van der Waals surface area contributed by atoms with Crippen molar-refractivity contribution in [2.45, 2.75) is 20.0 Å². The molecule has 0 spiro atoms. The van der Waals surface area contributed by atoms with E-state index in [4.69, 9.17) is 4.74 Å². The molecule has 2 N–H and O–H groups in total. The molecule has 5 nitrogen and oxygen atoms in total. The van der Waals surface area contributed by atoms with Crippen LogP contribution in [-0.2, 0) is 17.9 Å². The summed E-state index contributed by atoms with van der Waals surface area (Å²) >= 11 is 0. The van der Waals surface area contributed by atoms with E-state index in [1.807, 2.05) is 37.4 Å². The molecule has 0 aliphatic carbocycles. The summed E-state index contributed by atoms with van der Waals surface area (Å²) in [7, 11) is 0.